The van der Waals surface area contributed by atoms with Gasteiger partial charge in [-0.25, -0.2) is 0 Å². The number of aromatic nitrogens is 2. The highest BCUT2D eigenvalue weighted by Crippen LogP contribution is 2.35. The summed E-state index contributed by atoms with van der Waals surface area (Å²) in [4.78, 5) is 16.8. The van der Waals surface area contributed by atoms with Crippen molar-refractivity contribution in [1.82, 2.24) is 9.55 Å². The van der Waals surface area contributed by atoms with Gasteiger partial charge in [-0.15, -0.1) is 11.8 Å². The van der Waals surface area contributed by atoms with Crippen molar-refractivity contribution >= 4 is 23.5 Å². The summed E-state index contributed by atoms with van der Waals surface area (Å²) in [5, 5.41) is 0.865. The molecule has 2 aromatic rings. The number of nitrogens with zero attached hydrogens (tertiary/aromatic N) is 2. The molecule has 0 aliphatic carbocycles. The van der Waals surface area contributed by atoms with Crippen LogP contribution in [0.25, 0.3) is 0 Å². The molecular formula is C15H16N2OS2. The van der Waals surface area contributed by atoms with E-state index >= 15 is 0 Å². The Hall–Kier alpha value is -1.20. The summed E-state index contributed by atoms with van der Waals surface area (Å²) in [7, 11) is 0. The zero-order valence-corrected chi connectivity index (χ0v) is 13.1. The number of benzene rings is 1. The fourth-order valence-electron chi connectivity index (χ4n) is 2.32. The lowest BCUT2D eigenvalue weighted by atomic mass is 10.2. The predicted molar refractivity (Wildman–Crippen MR) is 84.9 cm³/mol. The zero-order chi connectivity index (χ0) is 14.1. The van der Waals surface area contributed by atoms with E-state index in [9.17, 15) is 4.79 Å². The topological polar surface area (TPSA) is 34.9 Å². The summed E-state index contributed by atoms with van der Waals surface area (Å²) in [6.45, 7) is 4.09. The molecule has 0 fully saturated rings. The van der Waals surface area contributed by atoms with Crippen molar-refractivity contribution in [2.75, 3.05) is 11.5 Å². The number of fused-ring (bicyclic) bond motifs is 1. The minimum atomic E-state index is -0.131. The molecule has 1 aliphatic heterocycles. The molecule has 2 heterocycles. The van der Waals surface area contributed by atoms with Gasteiger partial charge in [0.25, 0.3) is 5.56 Å². The Morgan fingerprint density at radius 3 is 2.85 bits per heavy atom. The first-order valence-electron chi connectivity index (χ1n) is 6.56. The van der Waals surface area contributed by atoms with Gasteiger partial charge in [0.1, 0.15) is 0 Å². The molecule has 1 aliphatic rings. The van der Waals surface area contributed by atoms with Gasteiger partial charge in [0.2, 0.25) is 0 Å². The second kappa shape index (κ2) is 5.66. The minimum Gasteiger partial charge on any atom is -0.320 e. The third-order valence-corrected chi connectivity index (χ3v) is 5.61. The Balaban J connectivity index is 1.75. The second-order valence-electron chi connectivity index (χ2n) is 4.98. The highest BCUT2D eigenvalue weighted by atomic mass is 32.2. The van der Waals surface area contributed by atoms with Gasteiger partial charge in [0, 0.05) is 28.2 Å². The quantitative estimate of drug-likeness (QED) is 0.644. The normalized spacial score (nSPS) is 17.2. The average molecular weight is 304 g/mol. The SMILES string of the molecule is Cc1ccc(SCC2CSc3nc(=O)cc(C)n32)cc1. The van der Waals surface area contributed by atoms with Gasteiger partial charge in [0.05, 0.1) is 6.04 Å². The van der Waals surface area contributed by atoms with E-state index in [-0.39, 0.29) is 5.56 Å². The molecule has 1 atom stereocenters. The van der Waals surface area contributed by atoms with Gasteiger partial charge < -0.3 is 4.57 Å². The molecule has 0 saturated carbocycles. The maximum Gasteiger partial charge on any atom is 0.273 e. The smallest absolute Gasteiger partial charge is 0.273 e. The maximum atomic E-state index is 11.4. The summed E-state index contributed by atoms with van der Waals surface area (Å²) < 4.78 is 2.20. The van der Waals surface area contributed by atoms with Gasteiger partial charge in [-0.1, -0.05) is 29.5 Å². The van der Waals surface area contributed by atoms with Crippen LogP contribution in [0, 0.1) is 13.8 Å². The number of hydrogen-bond donors (Lipinski definition) is 0. The fraction of sp³-hybridized carbons (Fsp3) is 0.333. The van der Waals surface area contributed by atoms with Crippen molar-refractivity contribution in [3.63, 3.8) is 0 Å². The Bertz CT molecular complexity index is 679. The molecule has 1 unspecified atom stereocenters. The largest absolute Gasteiger partial charge is 0.320 e. The van der Waals surface area contributed by atoms with Crippen LogP contribution in [0.2, 0.25) is 0 Å². The van der Waals surface area contributed by atoms with Crippen LogP contribution >= 0.6 is 23.5 Å². The Morgan fingerprint density at radius 1 is 1.35 bits per heavy atom. The van der Waals surface area contributed by atoms with E-state index in [0.717, 1.165) is 22.4 Å². The van der Waals surface area contributed by atoms with Gasteiger partial charge in [-0.2, -0.15) is 4.98 Å². The number of thioether (sulfide) groups is 2. The first-order valence-corrected chi connectivity index (χ1v) is 8.53. The lowest BCUT2D eigenvalue weighted by Gasteiger charge is -2.16. The Kier molecular flexibility index (Phi) is 3.89. The summed E-state index contributed by atoms with van der Waals surface area (Å²) >= 11 is 3.54. The lowest BCUT2D eigenvalue weighted by Crippen LogP contribution is -2.18. The van der Waals surface area contributed by atoms with E-state index in [4.69, 9.17) is 0 Å². The molecule has 3 nitrogen and oxygen atoms in total. The Labute approximate surface area is 126 Å². The third kappa shape index (κ3) is 2.79. The maximum absolute atomic E-state index is 11.4. The zero-order valence-electron chi connectivity index (χ0n) is 11.5. The van der Waals surface area contributed by atoms with Crippen molar-refractivity contribution in [1.29, 1.82) is 0 Å². The van der Waals surface area contributed by atoms with Crippen molar-refractivity contribution in [3.8, 4) is 0 Å². The van der Waals surface area contributed by atoms with Gasteiger partial charge >= 0.3 is 0 Å². The molecule has 104 valence electrons. The van der Waals surface area contributed by atoms with E-state index in [1.54, 1.807) is 17.8 Å². The highest BCUT2D eigenvalue weighted by Gasteiger charge is 2.24. The van der Waals surface area contributed by atoms with Crippen LogP contribution in [-0.2, 0) is 0 Å². The molecule has 0 amide bonds. The molecule has 0 spiro atoms. The fourth-order valence-corrected chi connectivity index (χ4v) is 4.64. The molecule has 0 radical (unpaired) electrons. The molecule has 0 N–H and O–H groups in total. The van der Waals surface area contributed by atoms with E-state index in [0.29, 0.717) is 6.04 Å². The summed E-state index contributed by atoms with van der Waals surface area (Å²) in [5.41, 5.74) is 2.17. The van der Waals surface area contributed by atoms with Crippen molar-refractivity contribution in [2.24, 2.45) is 0 Å². The minimum absolute atomic E-state index is 0.131. The molecule has 20 heavy (non-hydrogen) atoms. The van der Waals surface area contributed by atoms with Gasteiger partial charge in [-0.05, 0) is 26.0 Å². The van der Waals surface area contributed by atoms with Crippen LogP contribution in [0.15, 0.2) is 45.2 Å². The van der Waals surface area contributed by atoms with Crippen molar-refractivity contribution in [3.05, 3.63) is 51.9 Å². The van der Waals surface area contributed by atoms with Crippen molar-refractivity contribution < 1.29 is 0 Å². The van der Waals surface area contributed by atoms with E-state index in [1.165, 1.54) is 10.5 Å². The third-order valence-electron chi connectivity index (χ3n) is 3.36. The summed E-state index contributed by atoms with van der Waals surface area (Å²) in [6, 6.07) is 10.7. The molecule has 0 bridgehead atoms. The van der Waals surface area contributed by atoms with E-state index in [1.807, 2.05) is 18.7 Å². The van der Waals surface area contributed by atoms with Crippen LogP contribution in [0.4, 0.5) is 0 Å². The van der Waals surface area contributed by atoms with Crippen LogP contribution in [0.3, 0.4) is 0 Å². The molecular weight excluding hydrogens is 288 g/mol. The lowest BCUT2D eigenvalue weighted by molar-refractivity contribution is 0.549. The van der Waals surface area contributed by atoms with Gasteiger partial charge in [-0.3, -0.25) is 4.79 Å². The van der Waals surface area contributed by atoms with Crippen LogP contribution in [0.1, 0.15) is 17.3 Å². The average Bonchev–Trinajstić information content (AvgIpc) is 2.81. The molecule has 3 rings (SSSR count). The molecule has 5 heteroatoms. The number of rotatable bonds is 3. The monoisotopic (exact) mass is 304 g/mol. The first-order chi connectivity index (χ1) is 9.63. The van der Waals surface area contributed by atoms with Crippen molar-refractivity contribution in [2.45, 2.75) is 29.9 Å². The molecule has 0 saturated heterocycles. The summed E-state index contributed by atoms with van der Waals surface area (Å²) in [5.74, 6) is 2.00. The molecule has 1 aromatic carbocycles. The van der Waals surface area contributed by atoms with E-state index < -0.39 is 0 Å². The predicted octanol–water partition coefficient (Wildman–Crippen LogP) is 3.30. The van der Waals surface area contributed by atoms with Crippen LogP contribution in [-0.4, -0.2) is 21.1 Å². The summed E-state index contributed by atoms with van der Waals surface area (Å²) in [6.07, 6.45) is 0. The number of hydrogen-bond acceptors (Lipinski definition) is 4. The van der Waals surface area contributed by atoms with Crippen LogP contribution in [0.5, 0.6) is 0 Å². The van der Waals surface area contributed by atoms with E-state index in [2.05, 4.69) is 40.7 Å². The standard InChI is InChI=1S/C15H16N2OS2/c1-10-3-5-13(6-4-10)19-8-12-9-20-15-16-14(18)7-11(2)17(12)15/h3-7,12H,8-9H2,1-2H3. The first kappa shape index (κ1) is 13.8. The second-order valence-corrected chi connectivity index (χ2v) is 7.06. The van der Waals surface area contributed by atoms with Crippen LogP contribution < -0.4 is 5.56 Å². The number of aryl methyl sites for hydroxylation is 2. The highest BCUT2D eigenvalue weighted by molar-refractivity contribution is 8.00. The van der Waals surface area contributed by atoms with Gasteiger partial charge in [0.15, 0.2) is 5.16 Å². The Morgan fingerprint density at radius 2 is 2.10 bits per heavy atom. The molecule has 1 aromatic heterocycles.